The molecule has 0 saturated carbocycles. The first kappa shape index (κ1) is 14.0. The van der Waals surface area contributed by atoms with Crippen LogP contribution in [-0.2, 0) is 11.8 Å². The molecule has 0 spiro atoms. The molecular weight excluding hydrogens is 244 g/mol. The SMILES string of the molecule is Cc1nn(C)c(C)c1NC(=O)CN1CCC[C@@H]1CO. The number of nitrogens with one attached hydrogen (secondary N) is 1. The van der Waals surface area contributed by atoms with Gasteiger partial charge in [-0.1, -0.05) is 0 Å². The number of aliphatic hydroxyl groups is 1. The predicted octanol–water partition coefficient (Wildman–Crippen LogP) is 0.432. The van der Waals surface area contributed by atoms with E-state index in [-0.39, 0.29) is 18.6 Å². The van der Waals surface area contributed by atoms with Gasteiger partial charge < -0.3 is 10.4 Å². The molecular formula is C13H22N4O2. The molecule has 2 rings (SSSR count). The number of aromatic nitrogens is 2. The van der Waals surface area contributed by atoms with Crippen molar-refractivity contribution in [2.24, 2.45) is 7.05 Å². The van der Waals surface area contributed by atoms with Gasteiger partial charge in [0.15, 0.2) is 0 Å². The van der Waals surface area contributed by atoms with Crippen molar-refractivity contribution in [3.8, 4) is 0 Å². The van der Waals surface area contributed by atoms with Crippen molar-refractivity contribution in [3.05, 3.63) is 11.4 Å². The van der Waals surface area contributed by atoms with Crippen LogP contribution in [-0.4, -0.2) is 51.4 Å². The van der Waals surface area contributed by atoms with Gasteiger partial charge in [-0.05, 0) is 33.2 Å². The highest BCUT2D eigenvalue weighted by Crippen LogP contribution is 2.19. The summed E-state index contributed by atoms with van der Waals surface area (Å²) >= 11 is 0. The quantitative estimate of drug-likeness (QED) is 0.829. The second-order valence-electron chi connectivity index (χ2n) is 5.17. The van der Waals surface area contributed by atoms with Gasteiger partial charge in [-0.3, -0.25) is 14.4 Å². The monoisotopic (exact) mass is 266 g/mol. The van der Waals surface area contributed by atoms with E-state index < -0.39 is 0 Å². The van der Waals surface area contributed by atoms with Gasteiger partial charge >= 0.3 is 0 Å². The molecule has 2 N–H and O–H groups in total. The minimum Gasteiger partial charge on any atom is -0.395 e. The molecule has 0 aliphatic carbocycles. The third-order valence-corrected chi connectivity index (χ3v) is 3.83. The topological polar surface area (TPSA) is 70.4 Å². The summed E-state index contributed by atoms with van der Waals surface area (Å²) in [5, 5.41) is 16.4. The van der Waals surface area contributed by atoms with E-state index in [0.29, 0.717) is 6.54 Å². The lowest BCUT2D eigenvalue weighted by atomic mass is 10.2. The van der Waals surface area contributed by atoms with Crippen molar-refractivity contribution < 1.29 is 9.90 Å². The summed E-state index contributed by atoms with van der Waals surface area (Å²) in [5.74, 6) is -0.0421. The molecule has 1 saturated heterocycles. The number of aryl methyl sites for hydroxylation is 2. The predicted molar refractivity (Wildman–Crippen MR) is 73.0 cm³/mol. The van der Waals surface area contributed by atoms with Crippen LogP contribution in [0, 0.1) is 13.8 Å². The summed E-state index contributed by atoms with van der Waals surface area (Å²) in [5.41, 5.74) is 2.58. The van der Waals surface area contributed by atoms with Gasteiger partial charge in [0, 0.05) is 13.1 Å². The van der Waals surface area contributed by atoms with Crippen molar-refractivity contribution in [1.82, 2.24) is 14.7 Å². The van der Waals surface area contributed by atoms with Crippen LogP contribution in [0.1, 0.15) is 24.2 Å². The average molecular weight is 266 g/mol. The number of amides is 1. The Balaban J connectivity index is 1.98. The van der Waals surface area contributed by atoms with Crippen LogP contribution >= 0.6 is 0 Å². The fraction of sp³-hybridized carbons (Fsp3) is 0.692. The molecule has 1 aliphatic rings. The fourth-order valence-electron chi connectivity index (χ4n) is 2.63. The van der Waals surface area contributed by atoms with Crippen LogP contribution in [0.25, 0.3) is 0 Å². The van der Waals surface area contributed by atoms with Crippen LogP contribution in [0.2, 0.25) is 0 Å². The molecule has 1 aliphatic heterocycles. The summed E-state index contributed by atoms with van der Waals surface area (Å²) in [7, 11) is 1.86. The highest BCUT2D eigenvalue weighted by molar-refractivity contribution is 5.93. The number of carbonyl (C=O) groups excluding carboxylic acids is 1. The van der Waals surface area contributed by atoms with E-state index >= 15 is 0 Å². The maximum absolute atomic E-state index is 12.1. The Morgan fingerprint density at radius 1 is 1.53 bits per heavy atom. The van der Waals surface area contributed by atoms with Crippen molar-refractivity contribution in [2.75, 3.05) is 25.0 Å². The van der Waals surface area contributed by atoms with Gasteiger partial charge in [0.2, 0.25) is 5.91 Å². The number of aliphatic hydroxyl groups excluding tert-OH is 1. The Kier molecular flexibility index (Phi) is 4.21. The molecule has 2 heterocycles. The molecule has 0 unspecified atom stereocenters. The number of carbonyl (C=O) groups is 1. The van der Waals surface area contributed by atoms with Gasteiger partial charge in [-0.15, -0.1) is 0 Å². The van der Waals surface area contributed by atoms with E-state index in [9.17, 15) is 9.90 Å². The standard InChI is InChI=1S/C13H22N4O2/c1-9-13(10(2)16(3)15-9)14-12(19)7-17-6-4-5-11(17)8-18/h11,18H,4-8H2,1-3H3,(H,14,19)/t11-/m1/s1. The molecule has 0 aromatic carbocycles. The van der Waals surface area contributed by atoms with Crippen LogP contribution in [0.5, 0.6) is 0 Å². The first-order valence-electron chi connectivity index (χ1n) is 6.68. The molecule has 1 fully saturated rings. The van der Waals surface area contributed by atoms with Crippen LogP contribution in [0.3, 0.4) is 0 Å². The largest absolute Gasteiger partial charge is 0.395 e. The molecule has 1 aromatic rings. The normalized spacial score (nSPS) is 19.9. The van der Waals surface area contributed by atoms with Crippen LogP contribution in [0.15, 0.2) is 0 Å². The van der Waals surface area contributed by atoms with E-state index in [1.165, 1.54) is 0 Å². The molecule has 1 atom stereocenters. The van der Waals surface area contributed by atoms with Crippen molar-refractivity contribution in [2.45, 2.75) is 32.7 Å². The fourth-order valence-corrected chi connectivity index (χ4v) is 2.63. The zero-order valence-corrected chi connectivity index (χ0v) is 11.8. The number of nitrogens with zero attached hydrogens (tertiary/aromatic N) is 3. The molecule has 0 radical (unpaired) electrons. The highest BCUT2D eigenvalue weighted by Gasteiger charge is 2.25. The van der Waals surface area contributed by atoms with E-state index in [1.54, 1.807) is 4.68 Å². The van der Waals surface area contributed by atoms with E-state index in [1.807, 2.05) is 25.8 Å². The number of hydrogen-bond donors (Lipinski definition) is 2. The lowest BCUT2D eigenvalue weighted by Crippen LogP contribution is -2.38. The van der Waals surface area contributed by atoms with Gasteiger partial charge in [-0.25, -0.2) is 0 Å². The van der Waals surface area contributed by atoms with Gasteiger partial charge in [0.05, 0.1) is 30.2 Å². The van der Waals surface area contributed by atoms with Crippen molar-refractivity contribution >= 4 is 11.6 Å². The Labute approximate surface area is 113 Å². The Hall–Kier alpha value is -1.40. The molecule has 106 valence electrons. The van der Waals surface area contributed by atoms with Crippen molar-refractivity contribution in [1.29, 1.82) is 0 Å². The van der Waals surface area contributed by atoms with Crippen LogP contribution in [0.4, 0.5) is 5.69 Å². The summed E-state index contributed by atoms with van der Waals surface area (Å²) in [6, 6.07) is 0.127. The van der Waals surface area contributed by atoms with E-state index in [2.05, 4.69) is 10.4 Å². The minimum absolute atomic E-state index is 0.0421. The maximum Gasteiger partial charge on any atom is 0.238 e. The third-order valence-electron chi connectivity index (χ3n) is 3.83. The molecule has 1 amide bonds. The van der Waals surface area contributed by atoms with Crippen molar-refractivity contribution in [3.63, 3.8) is 0 Å². The first-order valence-corrected chi connectivity index (χ1v) is 6.68. The average Bonchev–Trinajstić information content (AvgIpc) is 2.89. The zero-order chi connectivity index (χ0) is 14.0. The second kappa shape index (κ2) is 5.71. The number of anilines is 1. The third kappa shape index (κ3) is 2.96. The molecule has 6 nitrogen and oxygen atoms in total. The van der Waals surface area contributed by atoms with E-state index in [4.69, 9.17) is 0 Å². The summed E-state index contributed by atoms with van der Waals surface area (Å²) in [6.07, 6.45) is 2.01. The highest BCUT2D eigenvalue weighted by atomic mass is 16.3. The summed E-state index contributed by atoms with van der Waals surface area (Å²) < 4.78 is 1.76. The zero-order valence-electron chi connectivity index (χ0n) is 11.8. The van der Waals surface area contributed by atoms with Gasteiger partial charge in [0.1, 0.15) is 0 Å². The smallest absolute Gasteiger partial charge is 0.238 e. The molecule has 1 aromatic heterocycles. The molecule has 6 heteroatoms. The second-order valence-corrected chi connectivity index (χ2v) is 5.17. The Morgan fingerprint density at radius 2 is 2.26 bits per heavy atom. The molecule has 0 bridgehead atoms. The maximum atomic E-state index is 12.1. The first-order chi connectivity index (χ1) is 9.02. The Bertz CT molecular complexity index is 469. The number of hydrogen-bond acceptors (Lipinski definition) is 4. The molecule has 19 heavy (non-hydrogen) atoms. The van der Waals surface area contributed by atoms with Gasteiger partial charge in [-0.2, -0.15) is 5.10 Å². The lowest BCUT2D eigenvalue weighted by Gasteiger charge is -2.21. The van der Waals surface area contributed by atoms with E-state index in [0.717, 1.165) is 36.5 Å². The summed E-state index contributed by atoms with van der Waals surface area (Å²) in [6.45, 7) is 5.15. The van der Waals surface area contributed by atoms with Crippen LogP contribution < -0.4 is 5.32 Å². The lowest BCUT2D eigenvalue weighted by molar-refractivity contribution is -0.117. The number of rotatable bonds is 4. The number of likely N-dealkylation sites (tertiary alicyclic amines) is 1. The minimum atomic E-state index is -0.0421. The Morgan fingerprint density at radius 3 is 2.84 bits per heavy atom. The van der Waals surface area contributed by atoms with Gasteiger partial charge in [0.25, 0.3) is 0 Å². The summed E-state index contributed by atoms with van der Waals surface area (Å²) in [4.78, 5) is 14.1.